The van der Waals surface area contributed by atoms with E-state index < -0.39 is 0 Å². The smallest absolute Gasteiger partial charge is 0.262 e. The Bertz CT molecular complexity index is 683. The van der Waals surface area contributed by atoms with Crippen molar-refractivity contribution in [3.05, 3.63) is 59.4 Å². The molecule has 0 aliphatic carbocycles. The summed E-state index contributed by atoms with van der Waals surface area (Å²) in [4.78, 5) is 16.2. The predicted molar refractivity (Wildman–Crippen MR) is 93.6 cm³/mol. The Morgan fingerprint density at radius 2 is 2.00 bits per heavy atom. The first-order valence-corrected chi connectivity index (χ1v) is 7.67. The highest BCUT2D eigenvalue weighted by Crippen LogP contribution is 2.17. The first-order valence-electron chi connectivity index (χ1n) is 7.67. The van der Waals surface area contributed by atoms with Crippen LogP contribution in [0.4, 0.5) is 5.69 Å². The summed E-state index contributed by atoms with van der Waals surface area (Å²) < 4.78 is 0. The normalized spacial score (nSPS) is 12.1. The van der Waals surface area contributed by atoms with Gasteiger partial charge in [-0.3, -0.25) is 9.78 Å². The van der Waals surface area contributed by atoms with Crippen LogP contribution < -0.4 is 10.7 Å². The van der Waals surface area contributed by atoms with Crippen LogP contribution in [0, 0.1) is 13.8 Å². The number of carbonyl (C=O) groups is 1. The van der Waals surface area contributed by atoms with Crippen LogP contribution in [0.1, 0.15) is 30.0 Å². The molecule has 0 aliphatic heterocycles. The molecule has 1 heterocycles. The lowest BCUT2D eigenvalue weighted by Crippen LogP contribution is -2.37. The third-order valence-corrected chi connectivity index (χ3v) is 3.53. The molecule has 120 valence electrons. The van der Waals surface area contributed by atoms with Crippen LogP contribution in [0.25, 0.3) is 0 Å². The molecular weight excluding hydrogens is 288 g/mol. The summed E-state index contributed by atoms with van der Waals surface area (Å²) in [6, 6.07) is 9.43. The third-order valence-electron chi connectivity index (χ3n) is 3.53. The number of nitrogens with one attached hydrogen (secondary N) is 2. The average molecular weight is 310 g/mol. The van der Waals surface area contributed by atoms with Crippen LogP contribution in [0.15, 0.2) is 47.8 Å². The van der Waals surface area contributed by atoms with Crippen molar-refractivity contribution in [1.82, 2.24) is 10.4 Å². The number of hydrogen-bond donors (Lipinski definition) is 2. The Morgan fingerprint density at radius 3 is 2.65 bits per heavy atom. The number of carbonyl (C=O) groups excluding carboxylic acids is 1. The molecule has 0 saturated heterocycles. The summed E-state index contributed by atoms with van der Waals surface area (Å²) in [5.74, 6) is -0.155. The molecule has 5 heteroatoms. The number of aromatic nitrogens is 1. The number of hydrogen-bond acceptors (Lipinski definition) is 4. The van der Waals surface area contributed by atoms with Crippen LogP contribution in [-0.2, 0) is 4.79 Å². The Kier molecular flexibility index (Phi) is 5.86. The number of aryl methyl sites for hydroxylation is 2. The maximum atomic E-state index is 12.2. The number of hydrazone groups is 1. The second kappa shape index (κ2) is 8.08. The van der Waals surface area contributed by atoms with Gasteiger partial charge in [0.25, 0.3) is 5.91 Å². The number of pyridine rings is 1. The average Bonchev–Trinajstić information content (AvgIpc) is 2.55. The molecule has 1 aromatic heterocycles. The summed E-state index contributed by atoms with van der Waals surface area (Å²) in [6.45, 7) is 6.05. The summed E-state index contributed by atoms with van der Waals surface area (Å²) >= 11 is 0. The van der Waals surface area contributed by atoms with Crippen molar-refractivity contribution < 1.29 is 4.79 Å². The van der Waals surface area contributed by atoms with Gasteiger partial charge in [0.15, 0.2) is 0 Å². The fraction of sp³-hybridized carbons (Fsp3) is 0.278. The minimum atomic E-state index is -0.328. The van der Waals surface area contributed by atoms with Crippen molar-refractivity contribution in [2.75, 3.05) is 5.32 Å². The SMILES string of the molecule is CC[C@@H](Nc1ccc(C)cc1C)C(=O)NN=Cc1ccncc1. The molecule has 1 atom stereocenters. The summed E-state index contributed by atoms with van der Waals surface area (Å²) in [5.41, 5.74) is 6.76. The Labute approximate surface area is 136 Å². The van der Waals surface area contributed by atoms with Gasteiger partial charge in [0.05, 0.1) is 6.21 Å². The molecule has 0 saturated carbocycles. The van der Waals surface area contributed by atoms with E-state index >= 15 is 0 Å². The molecule has 0 unspecified atom stereocenters. The fourth-order valence-electron chi connectivity index (χ4n) is 2.21. The van der Waals surface area contributed by atoms with Gasteiger partial charge in [0.1, 0.15) is 6.04 Å². The standard InChI is InChI=1S/C18H22N4O/c1-4-16(21-17-6-5-13(2)11-14(17)3)18(23)22-20-12-15-7-9-19-10-8-15/h5-12,16,21H,4H2,1-3H3,(H,22,23)/t16-/m1/s1. The highest BCUT2D eigenvalue weighted by Gasteiger charge is 2.16. The molecule has 0 bridgehead atoms. The van der Waals surface area contributed by atoms with E-state index in [9.17, 15) is 4.79 Å². The number of rotatable bonds is 6. The second-order valence-corrected chi connectivity index (χ2v) is 5.44. The zero-order valence-corrected chi connectivity index (χ0v) is 13.7. The van der Waals surface area contributed by atoms with Gasteiger partial charge in [-0.05, 0) is 49.6 Å². The molecule has 23 heavy (non-hydrogen) atoms. The maximum absolute atomic E-state index is 12.2. The van der Waals surface area contributed by atoms with Crippen molar-refractivity contribution in [3.8, 4) is 0 Å². The second-order valence-electron chi connectivity index (χ2n) is 5.44. The summed E-state index contributed by atoms with van der Waals surface area (Å²) in [6.07, 6.45) is 5.63. The minimum Gasteiger partial charge on any atom is -0.373 e. The van der Waals surface area contributed by atoms with Crippen LogP contribution in [0.5, 0.6) is 0 Å². The van der Waals surface area contributed by atoms with Gasteiger partial charge >= 0.3 is 0 Å². The molecule has 2 N–H and O–H groups in total. The zero-order valence-electron chi connectivity index (χ0n) is 13.7. The first kappa shape index (κ1) is 16.7. The monoisotopic (exact) mass is 310 g/mol. The number of amides is 1. The molecule has 2 rings (SSSR count). The summed E-state index contributed by atoms with van der Waals surface area (Å²) in [5, 5.41) is 7.27. The number of anilines is 1. The van der Waals surface area contributed by atoms with E-state index in [2.05, 4.69) is 33.8 Å². The quantitative estimate of drug-likeness (QED) is 0.636. The van der Waals surface area contributed by atoms with Gasteiger partial charge < -0.3 is 5.32 Å². The predicted octanol–water partition coefficient (Wildman–Crippen LogP) is 3.04. The van der Waals surface area contributed by atoms with Crippen LogP contribution >= 0.6 is 0 Å². The highest BCUT2D eigenvalue weighted by atomic mass is 16.2. The molecule has 1 amide bonds. The van der Waals surface area contributed by atoms with E-state index in [0.29, 0.717) is 6.42 Å². The van der Waals surface area contributed by atoms with Gasteiger partial charge in [-0.2, -0.15) is 5.10 Å². The molecule has 0 spiro atoms. The van der Waals surface area contributed by atoms with Gasteiger partial charge in [-0.1, -0.05) is 24.6 Å². The van der Waals surface area contributed by atoms with Crippen molar-refractivity contribution >= 4 is 17.8 Å². The fourth-order valence-corrected chi connectivity index (χ4v) is 2.21. The van der Waals surface area contributed by atoms with E-state index in [-0.39, 0.29) is 11.9 Å². The van der Waals surface area contributed by atoms with Gasteiger partial charge in [-0.15, -0.1) is 0 Å². The first-order chi connectivity index (χ1) is 11.1. The Morgan fingerprint density at radius 1 is 1.26 bits per heavy atom. The maximum Gasteiger partial charge on any atom is 0.262 e. The largest absolute Gasteiger partial charge is 0.373 e. The van der Waals surface area contributed by atoms with E-state index in [0.717, 1.165) is 16.8 Å². The van der Waals surface area contributed by atoms with E-state index in [1.807, 2.05) is 38.1 Å². The number of benzene rings is 1. The molecule has 5 nitrogen and oxygen atoms in total. The molecule has 0 radical (unpaired) electrons. The van der Waals surface area contributed by atoms with Crippen LogP contribution in [0.3, 0.4) is 0 Å². The minimum absolute atomic E-state index is 0.155. The van der Waals surface area contributed by atoms with Gasteiger partial charge in [0, 0.05) is 18.1 Å². The summed E-state index contributed by atoms with van der Waals surface area (Å²) in [7, 11) is 0. The molecule has 0 aliphatic rings. The molecular formula is C18H22N4O. The zero-order chi connectivity index (χ0) is 16.7. The Hall–Kier alpha value is -2.69. The van der Waals surface area contributed by atoms with Crippen LogP contribution in [-0.4, -0.2) is 23.1 Å². The topological polar surface area (TPSA) is 66.4 Å². The molecule has 1 aromatic carbocycles. The Balaban J connectivity index is 1.97. The van der Waals surface area contributed by atoms with Crippen molar-refractivity contribution in [1.29, 1.82) is 0 Å². The lowest BCUT2D eigenvalue weighted by atomic mass is 10.1. The lowest BCUT2D eigenvalue weighted by Gasteiger charge is -2.18. The van der Waals surface area contributed by atoms with Crippen molar-refractivity contribution in [3.63, 3.8) is 0 Å². The number of nitrogens with zero attached hydrogens (tertiary/aromatic N) is 2. The van der Waals surface area contributed by atoms with Gasteiger partial charge in [-0.25, -0.2) is 5.43 Å². The highest BCUT2D eigenvalue weighted by molar-refractivity contribution is 5.86. The molecule has 0 fully saturated rings. The molecule has 2 aromatic rings. The van der Waals surface area contributed by atoms with E-state index in [1.54, 1.807) is 18.6 Å². The van der Waals surface area contributed by atoms with Gasteiger partial charge in [0.2, 0.25) is 0 Å². The van der Waals surface area contributed by atoms with Crippen LogP contribution in [0.2, 0.25) is 0 Å². The van der Waals surface area contributed by atoms with Crippen molar-refractivity contribution in [2.45, 2.75) is 33.2 Å². The van der Waals surface area contributed by atoms with Crippen molar-refractivity contribution in [2.24, 2.45) is 5.10 Å². The van der Waals surface area contributed by atoms with E-state index in [1.165, 1.54) is 5.56 Å². The third kappa shape index (κ3) is 4.92. The lowest BCUT2D eigenvalue weighted by molar-refractivity contribution is -0.121. The van der Waals surface area contributed by atoms with E-state index in [4.69, 9.17) is 0 Å².